The van der Waals surface area contributed by atoms with Crippen LogP contribution in [0.25, 0.3) is 0 Å². The molecule has 0 aliphatic rings. The van der Waals surface area contributed by atoms with E-state index in [1.165, 1.54) is 0 Å². The Morgan fingerprint density at radius 2 is 0.926 bits per heavy atom. The first kappa shape index (κ1) is 18.8. The Bertz CT molecular complexity index is 936. The zero-order valence-corrected chi connectivity index (χ0v) is 16.2. The summed E-state index contributed by atoms with van der Waals surface area (Å²) >= 11 is 0. The van der Waals surface area contributed by atoms with E-state index in [-0.39, 0.29) is 22.7 Å². The summed E-state index contributed by atoms with van der Waals surface area (Å²) < 4.78 is 0. The summed E-state index contributed by atoms with van der Waals surface area (Å²) in [5.74, 6) is 0.716. The van der Waals surface area contributed by atoms with E-state index >= 15 is 0 Å². The van der Waals surface area contributed by atoms with E-state index in [1.807, 2.05) is 30.3 Å². The molecular formula is C24H26O3. The Morgan fingerprint density at radius 1 is 0.519 bits per heavy atom. The second-order valence-electron chi connectivity index (χ2n) is 8.08. The number of aromatic hydroxyl groups is 3. The number of hydrogen-bond acceptors (Lipinski definition) is 3. The van der Waals surface area contributed by atoms with Crippen molar-refractivity contribution in [2.75, 3.05) is 0 Å². The van der Waals surface area contributed by atoms with Crippen LogP contribution in [0, 0.1) is 0 Å². The summed E-state index contributed by atoms with van der Waals surface area (Å²) in [5, 5.41) is 29.7. The topological polar surface area (TPSA) is 60.7 Å². The summed E-state index contributed by atoms with van der Waals surface area (Å²) in [6, 6.07) is 20.1. The van der Waals surface area contributed by atoms with Crippen LogP contribution in [0.15, 0.2) is 66.7 Å². The molecule has 0 bridgehead atoms. The highest BCUT2D eigenvalue weighted by Crippen LogP contribution is 2.41. The van der Waals surface area contributed by atoms with Crippen molar-refractivity contribution in [1.29, 1.82) is 0 Å². The second kappa shape index (κ2) is 6.66. The van der Waals surface area contributed by atoms with Crippen LogP contribution in [0.4, 0.5) is 0 Å². The van der Waals surface area contributed by atoms with Crippen LogP contribution in [0.5, 0.6) is 17.2 Å². The standard InChI is InChI=1S/C24H26O3/c1-23(2,16-5-10-19(25)11-6-16)18-9-14-22(27)21(15-18)24(3,4)17-7-12-20(26)13-8-17/h5-15,25-27H,1-4H3. The number of phenolic OH excluding ortho intramolecular Hbond substituents is 3. The molecule has 0 aromatic heterocycles. The van der Waals surface area contributed by atoms with Crippen molar-refractivity contribution in [2.24, 2.45) is 0 Å². The first-order valence-corrected chi connectivity index (χ1v) is 9.05. The zero-order valence-electron chi connectivity index (χ0n) is 16.2. The van der Waals surface area contributed by atoms with Gasteiger partial charge in [0.25, 0.3) is 0 Å². The van der Waals surface area contributed by atoms with Gasteiger partial charge in [-0.15, -0.1) is 0 Å². The Balaban J connectivity index is 2.08. The van der Waals surface area contributed by atoms with Crippen LogP contribution in [0.1, 0.15) is 49.9 Å². The van der Waals surface area contributed by atoms with Gasteiger partial charge in [-0.3, -0.25) is 0 Å². The highest BCUT2D eigenvalue weighted by molar-refractivity contribution is 5.51. The SMILES string of the molecule is CC(C)(c1ccc(O)cc1)c1ccc(O)c(C(C)(C)c2ccc(O)cc2)c1. The van der Waals surface area contributed by atoms with Crippen molar-refractivity contribution >= 4 is 0 Å². The fraction of sp³-hybridized carbons (Fsp3) is 0.250. The number of phenols is 3. The molecule has 3 N–H and O–H groups in total. The molecule has 0 radical (unpaired) electrons. The average Bonchev–Trinajstić information content (AvgIpc) is 2.62. The Kier molecular flexibility index (Phi) is 4.64. The minimum atomic E-state index is -0.432. The second-order valence-corrected chi connectivity index (χ2v) is 8.08. The maximum Gasteiger partial charge on any atom is 0.119 e. The molecule has 0 saturated carbocycles. The largest absolute Gasteiger partial charge is 0.508 e. The predicted molar refractivity (Wildman–Crippen MR) is 109 cm³/mol. The van der Waals surface area contributed by atoms with E-state index in [0.717, 1.165) is 22.3 Å². The molecule has 0 aliphatic carbocycles. The lowest BCUT2D eigenvalue weighted by Gasteiger charge is -2.31. The molecule has 27 heavy (non-hydrogen) atoms. The summed E-state index contributed by atoms with van der Waals surface area (Å²) in [6.07, 6.45) is 0. The Labute approximate surface area is 160 Å². The Morgan fingerprint density at radius 3 is 1.41 bits per heavy atom. The third-order valence-electron chi connectivity index (χ3n) is 5.57. The highest BCUT2D eigenvalue weighted by atomic mass is 16.3. The lowest BCUT2D eigenvalue weighted by atomic mass is 9.73. The molecule has 3 aromatic rings. The first-order chi connectivity index (χ1) is 12.6. The van der Waals surface area contributed by atoms with Crippen LogP contribution in [0.3, 0.4) is 0 Å². The molecule has 0 saturated heterocycles. The first-order valence-electron chi connectivity index (χ1n) is 9.05. The van der Waals surface area contributed by atoms with Crippen molar-refractivity contribution in [3.8, 4) is 17.2 Å². The molecule has 0 spiro atoms. The van der Waals surface area contributed by atoms with Crippen molar-refractivity contribution < 1.29 is 15.3 Å². The summed E-state index contributed by atoms with van der Waals surface area (Å²) in [6.45, 7) is 8.38. The fourth-order valence-corrected chi connectivity index (χ4v) is 3.50. The van der Waals surface area contributed by atoms with Crippen molar-refractivity contribution in [3.63, 3.8) is 0 Å². The Hall–Kier alpha value is -2.94. The molecule has 0 atom stereocenters. The molecule has 3 heteroatoms. The van der Waals surface area contributed by atoms with Crippen molar-refractivity contribution in [3.05, 3.63) is 89.0 Å². The molecule has 0 heterocycles. The smallest absolute Gasteiger partial charge is 0.119 e. The van der Waals surface area contributed by atoms with Gasteiger partial charge in [0.15, 0.2) is 0 Å². The summed E-state index contributed by atoms with van der Waals surface area (Å²) in [4.78, 5) is 0. The molecule has 0 aliphatic heterocycles. The van der Waals surface area contributed by atoms with E-state index in [2.05, 4.69) is 33.8 Å². The third-order valence-corrected chi connectivity index (χ3v) is 5.57. The number of benzene rings is 3. The predicted octanol–water partition coefficient (Wildman–Crippen LogP) is 5.46. The molecule has 140 valence electrons. The zero-order chi connectivity index (χ0) is 19.8. The molecular weight excluding hydrogens is 336 g/mol. The number of rotatable bonds is 4. The van der Waals surface area contributed by atoms with Crippen molar-refractivity contribution in [1.82, 2.24) is 0 Å². The van der Waals surface area contributed by atoms with Crippen molar-refractivity contribution in [2.45, 2.75) is 38.5 Å². The highest BCUT2D eigenvalue weighted by Gasteiger charge is 2.30. The maximum absolute atomic E-state index is 10.6. The van der Waals surface area contributed by atoms with Gasteiger partial charge in [0.1, 0.15) is 17.2 Å². The van der Waals surface area contributed by atoms with Gasteiger partial charge in [-0.25, -0.2) is 0 Å². The van der Waals surface area contributed by atoms with Crippen LogP contribution >= 0.6 is 0 Å². The third kappa shape index (κ3) is 3.50. The van der Waals surface area contributed by atoms with Crippen LogP contribution in [-0.4, -0.2) is 15.3 Å². The molecule has 0 amide bonds. The van der Waals surface area contributed by atoms with Gasteiger partial charge < -0.3 is 15.3 Å². The monoisotopic (exact) mass is 362 g/mol. The van der Waals surface area contributed by atoms with E-state index < -0.39 is 5.41 Å². The average molecular weight is 362 g/mol. The van der Waals surface area contributed by atoms with Gasteiger partial charge >= 0.3 is 0 Å². The maximum atomic E-state index is 10.6. The molecule has 3 rings (SSSR count). The van der Waals surface area contributed by atoms with Gasteiger partial charge in [-0.2, -0.15) is 0 Å². The minimum Gasteiger partial charge on any atom is -0.508 e. The van der Waals surface area contributed by atoms with E-state index in [0.29, 0.717) is 0 Å². The molecule has 3 nitrogen and oxygen atoms in total. The lowest BCUT2D eigenvalue weighted by Crippen LogP contribution is -2.23. The van der Waals surface area contributed by atoms with Crippen LogP contribution in [-0.2, 0) is 10.8 Å². The fourth-order valence-electron chi connectivity index (χ4n) is 3.50. The number of hydrogen-bond donors (Lipinski definition) is 3. The molecule has 0 fully saturated rings. The van der Waals surface area contributed by atoms with Gasteiger partial charge in [0.05, 0.1) is 0 Å². The lowest BCUT2D eigenvalue weighted by molar-refractivity contribution is 0.451. The quantitative estimate of drug-likeness (QED) is 0.578. The van der Waals surface area contributed by atoms with Crippen LogP contribution in [0.2, 0.25) is 0 Å². The van der Waals surface area contributed by atoms with Gasteiger partial charge in [-0.1, -0.05) is 64.1 Å². The van der Waals surface area contributed by atoms with E-state index in [9.17, 15) is 15.3 Å². The van der Waals surface area contributed by atoms with Gasteiger partial charge in [-0.05, 0) is 47.0 Å². The minimum absolute atomic E-state index is 0.223. The van der Waals surface area contributed by atoms with E-state index in [4.69, 9.17) is 0 Å². The summed E-state index contributed by atoms with van der Waals surface area (Å²) in [7, 11) is 0. The van der Waals surface area contributed by atoms with E-state index in [1.54, 1.807) is 30.3 Å². The van der Waals surface area contributed by atoms with Gasteiger partial charge in [0.2, 0.25) is 0 Å². The van der Waals surface area contributed by atoms with Crippen LogP contribution < -0.4 is 0 Å². The molecule has 3 aromatic carbocycles. The summed E-state index contributed by atoms with van der Waals surface area (Å²) in [5.41, 5.74) is 3.28. The molecule has 0 unspecified atom stereocenters. The van der Waals surface area contributed by atoms with Gasteiger partial charge in [0, 0.05) is 16.4 Å². The normalized spacial score (nSPS) is 12.1.